The number of fused-ring (bicyclic) bond motifs is 10. The van der Waals surface area contributed by atoms with Crippen LogP contribution in [0.15, 0.2) is 225 Å². The molecule has 0 unspecified atom stereocenters. The van der Waals surface area contributed by atoms with Crippen molar-refractivity contribution in [1.29, 1.82) is 0 Å². The van der Waals surface area contributed by atoms with Crippen molar-refractivity contribution < 1.29 is 25.8 Å². The number of rotatable bonds is 8. The number of ether oxygens (including phenoxy) is 1. The van der Waals surface area contributed by atoms with E-state index in [1.54, 1.807) is 12.4 Å². The Morgan fingerprint density at radius 3 is 1.48 bits per heavy atom. The summed E-state index contributed by atoms with van der Waals surface area (Å²) in [5.41, 5.74) is 14.6. The van der Waals surface area contributed by atoms with Crippen molar-refractivity contribution in [2.24, 2.45) is 0 Å². The number of nitrogens with zero attached hydrogens (tertiary/aromatic N) is 8. The van der Waals surface area contributed by atoms with Crippen LogP contribution in [0.4, 0.5) is 23.0 Å². The molecule has 5 aromatic heterocycles. The minimum absolute atomic E-state index is 0. The minimum atomic E-state index is 0. The van der Waals surface area contributed by atoms with Crippen molar-refractivity contribution in [1.82, 2.24) is 28.7 Å². The topological polar surface area (TPSA) is 69.2 Å². The zero-order valence-electron chi connectivity index (χ0n) is 40.2. The average molecular weight is 1150 g/mol. The van der Waals surface area contributed by atoms with Crippen molar-refractivity contribution in [2.75, 3.05) is 9.80 Å². The molecule has 9 nitrogen and oxygen atoms in total. The summed E-state index contributed by atoms with van der Waals surface area (Å²) in [4.78, 5) is 18.5. The van der Waals surface area contributed by atoms with Gasteiger partial charge in [0, 0.05) is 101 Å². The average Bonchev–Trinajstić information content (AvgIpc) is 4.21. The third kappa shape index (κ3) is 6.99. The molecule has 0 bridgehead atoms. The predicted octanol–water partition coefficient (Wildman–Crippen LogP) is 15.9. The van der Waals surface area contributed by atoms with Crippen molar-refractivity contribution >= 4 is 88.4 Å². The van der Waals surface area contributed by atoms with Crippen LogP contribution in [0.5, 0.6) is 11.5 Å². The number of aromatic nitrogens is 6. The molecule has 0 fully saturated rings. The van der Waals surface area contributed by atoms with E-state index >= 15 is 0 Å². The van der Waals surface area contributed by atoms with Gasteiger partial charge in [0.1, 0.15) is 5.82 Å². The van der Waals surface area contributed by atoms with Crippen LogP contribution in [0.1, 0.15) is 5.56 Å². The van der Waals surface area contributed by atoms with Gasteiger partial charge in [-0.3, -0.25) is 0 Å². The molecule has 9 aromatic carbocycles. The van der Waals surface area contributed by atoms with Gasteiger partial charge in [0.2, 0.25) is 5.95 Å². The van der Waals surface area contributed by atoms with E-state index in [2.05, 4.69) is 218 Å². The van der Waals surface area contributed by atoms with Gasteiger partial charge in [-0.2, -0.15) is 12.1 Å². The quantitative estimate of drug-likeness (QED) is 0.141. The van der Waals surface area contributed by atoms with Crippen LogP contribution in [-0.2, 0) is 21.1 Å². The summed E-state index contributed by atoms with van der Waals surface area (Å²) in [6.07, 6.45) is 5.56. The monoisotopic (exact) mass is 1140 g/mol. The Bertz CT molecular complexity index is 4320. The van der Waals surface area contributed by atoms with Crippen molar-refractivity contribution in [3.63, 3.8) is 0 Å². The van der Waals surface area contributed by atoms with Crippen LogP contribution in [0.25, 0.3) is 93.7 Å². The van der Waals surface area contributed by atoms with Gasteiger partial charge in [0.25, 0.3) is 0 Å². The number of benzene rings is 9. The van der Waals surface area contributed by atoms with E-state index in [1.165, 1.54) is 21.5 Å². The van der Waals surface area contributed by atoms with Gasteiger partial charge in [-0.1, -0.05) is 115 Å². The number of anilines is 4. The number of aryl methyl sites for hydroxylation is 1. The van der Waals surface area contributed by atoms with Gasteiger partial charge in [-0.15, -0.1) is 48.1 Å². The van der Waals surface area contributed by atoms with Gasteiger partial charge < -0.3 is 28.2 Å². The molecular weight excluding hydrogens is 1100 g/mol. The Kier molecular flexibility index (Phi) is 10.5. The normalized spacial score (nSPS) is 12.4. The molecule has 10 heteroatoms. The fraction of sp³-hybridized carbons (Fsp3) is 0.0154. The second kappa shape index (κ2) is 17.7. The minimum Gasteiger partial charge on any atom is -0.509 e. The SMILES string of the molecule is Cc1cc(-n2c3[c-]c(Oc4[c-]c(N5[CH-]N(c6ncccn6)c6ccccc65)ccc4)ccc3c3ccccc32)ncc1-c1c(-n2c3ccccc3c3ccccc32)cccc1-n1c2ccccc2c2ccccc21.[Pt]. The van der Waals surface area contributed by atoms with Gasteiger partial charge in [-0.25, -0.2) is 15.0 Å². The fourth-order valence-corrected chi connectivity index (χ4v) is 11.3. The summed E-state index contributed by atoms with van der Waals surface area (Å²) in [5, 5.41) is 6.98. The summed E-state index contributed by atoms with van der Waals surface area (Å²) in [5.74, 6) is 2.48. The maximum Gasteiger partial charge on any atom is 0.200 e. The van der Waals surface area contributed by atoms with Crippen LogP contribution in [0.2, 0.25) is 0 Å². The van der Waals surface area contributed by atoms with Crippen molar-refractivity contribution in [3.05, 3.63) is 249 Å². The van der Waals surface area contributed by atoms with Crippen molar-refractivity contribution in [2.45, 2.75) is 6.92 Å². The maximum absolute atomic E-state index is 6.66. The van der Waals surface area contributed by atoms with Gasteiger partial charge in [0.15, 0.2) is 0 Å². The van der Waals surface area contributed by atoms with Crippen LogP contribution in [0, 0.1) is 25.7 Å². The summed E-state index contributed by atoms with van der Waals surface area (Å²) in [6.45, 7) is 4.19. The zero-order valence-corrected chi connectivity index (χ0v) is 42.5. The molecule has 14 aromatic rings. The molecule has 0 saturated carbocycles. The summed E-state index contributed by atoms with van der Waals surface area (Å²) in [7, 11) is 0. The van der Waals surface area contributed by atoms with E-state index in [0.29, 0.717) is 17.4 Å². The Morgan fingerprint density at radius 1 is 0.427 bits per heavy atom. The zero-order chi connectivity index (χ0) is 48.9. The molecule has 75 heavy (non-hydrogen) atoms. The number of hydrogen-bond acceptors (Lipinski definition) is 6. The number of hydrogen-bond donors (Lipinski definition) is 0. The van der Waals surface area contributed by atoms with E-state index in [0.717, 1.165) is 94.8 Å². The van der Waals surface area contributed by atoms with Crippen LogP contribution in [0.3, 0.4) is 0 Å². The smallest absolute Gasteiger partial charge is 0.200 e. The molecule has 15 rings (SSSR count). The van der Waals surface area contributed by atoms with E-state index in [1.807, 2.05) is 54.0 Å². The summed E-state index contributed by atoms with van der Waals surface area (Å²) < 4.78 is 13.7. The molecule has 0 aliphatic carbocycles. The Hall–Kier alpha value is -9.30. The molecule has 1 aliphatic heterocycles. The van der Waals surface area contributed by atoms with E-state index in [4.69, 9.17) is 9.72 Å². The first-order valence-electron chi connectivity index (χ1n) is 24.7. The first-order valence-corrected chi connectivity index (χ1v) is 24.7. The first kappa shape index (κ1) is 44.4. The van der Waals surface area contributed by atoms with E-state index in [-0.39, 0.29) is 21.1 Å². The second-order valence-corrected chi connectivity index (χ2v) is 18.6. The van der Waals surface area contributed by atoms with Crippen LogP contribution in [-0.4, -0.2) is 28.7 Å². The largest absolute Gasteiger partial charge is 0.509 e. The fourth-order valence-electron chi connectivity index (χ4n) is 11.3. The second-order valence-electron chi connectivity index (χ2n) is 18.6. The Labute approximate surface area is 446 Å². The van der Waals surface area contributed by atoms with Gasteiger partial charge in [-0.05, 0) is 84.6 Å². The number of pyridine rings is 1. The van der Waals surface area contributed by atoms with Crippen LogP contribution >= 0.6 is 0 Å². The maximum atomic E-state index is 6.66. The molecule has 1 aliphatic rings. The third-order valence-corrected chi connectivity index (χ3v) is 14.4. The Morgan fingerprint density at radius 2 is 0.907 bits per heavy atom. The molecule has 360 valence electrons. The molecule has 0 amide bonds. The molecule has 0 saturated heterocycles. The molecule has 0 N–H and O–H groups in total. The van der Waals surface area contributed by atoms with Crippen LogP contribution < -0.4 is 14.5 Å². The Balaban J connectivity index is 0.00000516. The summed E-state index contributed by atoms with van der Waals surface area (Å²) in [6, 6.07) is 79.5. The van der Waals surface area contributed by atoms with E-state index < -0.39 is 0 Å². The first-order chi connectivity index (χ1) is 36.6. The molecule has 0 radical (unpaired) electrons. The molecule has 6 heterocycles. The molecular formula is C65H41N8OPt-3. The predicted molar refractivity (Wildman–Crippen MR) is 299 cm³/mol. The summed E-state index contributed by atoms with van der Waals surface area (Å²) >= 11 is 0. The molecule has 0 atom stereocenters. The third-order valence-electron chi connectivity index (χ3n) is 14.4. The standard InChI is InChI=1S/C65H41N8O.Pt/c1-42-37-63(73-57-28-11-6-23-50(57)51-34-33-45(39-62(51)73)74-44-18-14-17-43(38-44)69-41-70(65-66-35-16-36-67-65)59-30-13-12-29-58(59)69)68-40-52(42)64-60(71-53-24-7-2-19-46(53)47-20-3-8-25-54(47)71)31-15-32-61(64)72-55-26-9-4-21-48(55)49-22-5-10-27-56(49)72;/h2-37,40-41H,1H3;/q-3;. The molecule has 0 spiro atoms. The van der Waals surface area contributed by atoms with Gasteiger partial charge >= 0.3 is 0 Å². The van der Waals surface area contributed by atoms with E-state index in [9.17, 15) is 0 Å². The van der Waals surface area contributed by atoms with Crippen molar-refractivity contribution in [3.8, 4) is 39.8 Å². The number of para-hydroxylation sites is 7. The van der Waals surface area contributed by atoms with Gasteiger partial charge in [0.05, 0.1) is 33.4 Å².